The van der Waals surface area contributed by atoms with Crippen LogP contribution >= 0.6 is 0 Å². The van der Waals surface area contributed by atoms with E-state index in [0.717, 1.165) is 43.9 Å². The second kappa shape index (κ2) is 11.2. The number of piperidine rings is 1. The SMILES string of the molecule is COc1ccccc1CNC(=O)[C@@H]1C[C@H](CN2CCCC2)CN(Cc2ccc3ccccc3c2)C1. The van der Waals surface area contributed by atoms with Crippen molar-refractivity contribution in [3.63, 3.8) is 0 Å². The van der Waals surface area contributed by atoms with Crippen LogP contribution in [0.4, 0.5) is 0 Å². The molecule has 0 bridgehead atoms. The molecule has 1 N–H and O–H groups in total. The van der Waals surface area contributed by atoms with E-state index in [4.69, 9.17) is 4.74 Å². The van der Waals surface area contributed by atoms with Crippen molar-refractivity contribution >= 4 is 16.7 Å². The standard InChI is InChI=1S/C30H37N3O2/c1-35-29-11-5-4-10-27(29)18-31-30(34)28-17-24(20-32-14-6-7-15-32)21-33(22-28)19-23-12-13-25-8-2-3-9-26(25)16-23/h2-5,8-13,16,24,28H,6-7,14-15,17-22H2,1H3,(H,31,34)/t24-,28-/m1/s1. The Morgan fingerprint density at radius 3 is 2.54 bits per heavy atom. The van der Waals surface area contributed by atoms with Gasteiger partial charge in [0.25, 0.3) is 0 Å². The first kappa shape index (κ1) is 23.8. The molecule has 2 atom stereocenters. The number of nitrogens with one attached hydrogen (secondary N) is 1. The largest absolute Gasteiger partial charge is 0.496 e. The molecule has 2 saturated heterocycles. The molecule has 5 heteroatoms. The first-order valence-electron chi connectivity index (χ1n) is 13.0. The van der Waals surface area contributed by atoms with Gasteiger partial charge < -0.3 is 15.0 Å². The number of fused-ring (bicyclic) bond motifs is 1. The summed E-state index contributed by atoms with van der Waals surface area (Å²) in [5.74, 6) is 1.50. The van der Waals surface area contributed by atoms with E-state index >= 15 is 0 Å². The molecule has 0 saturated carbocycles. The van der Waals surface area contributed by atoms with Gasteiger partial charge >= 0.3 is 0 Å². The summed E-state index contributed by atoms with van der Waals surface area (Å²) in [6.07, 6.45) is 3.56. The van der Waals surface area contributed by atoms with Crippen molar-refractivity contribution in [2.24, 2.45) is 11.8 Å². The molecule has 0 aromatic heterocycles. The first-order chi connectivity index (χ1) is 17.2. The first-order valence-corrected chi connectivity index (χ1v) is 13.0. The number of carbonyl (C=O) groups is 1. The van der Waals surface area contributed by atoms with E-state index in [0.29, 0.717) is 12.5 Å². The highest BCUT2D eigenvalue weighted by atomic mass is 16.5. The van der Waals surface area contributed by atoms with E-state index in [9.17, 15) is 4.79 Å². The predicted molar refractivity (Wildman–Crippen MR) is 141 cm³/mol. The monoisotopic (exact) mass is 471 g/mol. The second-order valence-electron chi connectivity index (χ2n) is 10.2. The van der Waals surface area contributed by atoms with Crippen molar-refractivity contribution in [1.29, 1.82) is 0 Å². The van der Waals surface area contributed by atoms with Crippen molar-refractivity contribution in [1.82, 2.24) is 15.1 Å². The van der Waals surface area contributed by atoms with E-state index in [2.05, 4.69) is 57.6 Å². The second-order valence-corrected chi connectivity index (χ2v) is 10.2. The van der Waals surface area contributed by atoms with Crippen molar-refractivity contribution in [3.05, 3.63) is 77.9 Å². The molecule has 2 fully saturated rings. The van der Waals surface area contributed by atoms with Gasteiger partial charge in [0.15, 0.2) is 0 Å². The Bertz CT molecular complexity index is 1140. The molecular formula is C30H37N3O2. The molecule has 0 unspecified atom stereocenters. The van der Waals surface area contributed by atoms with Gasteiger partial charge in [-0.15, -0.1) is 0 Å². The summed E-state index contributed by atoms with van der Waals surface area (Å²) >= 11 is 0. The fraction of sp³-hybridized carbons (Fsp3) is 0.433. The predicted octanol–water partition coefficient (Wildman–Crippen LogP) is 4.70. The number of amides is 1. The summed E-state index contributed by atoms with van der Waals surface area (Å²) < 4.78 is 5.46. The highest BCUT2D eigenvalue weighted by molar-refractivity contribution is 5.83. The van der Waals surface area contributed by atoms with Crippen LogP contribution in [-0.4, -0.2) is 55.5 Å². The van der Waals surface area contributed by atoms with Crippen LogP contribution < -0.4 is 10.1 Å². The Hall–Kier alpha value is -2.89. The van der Waals surface area contributed by atoms with E-state index in [1.165, 1.54) is 42.3 Å². The minimum atomic E-state index is 0.00603. The minimum absolute atomic E-state index is 0.00603. The average Bonchev–Trinajstić information content (AvgIpc) is 3.40. The topological polar surface area (TPSA) is 44.8 Å². The summed E-state index contributed by atoms with van der Waals surface area (Å²) in [6.45, 7) is 6.75. The van der Waals surface area contributed by atoms with Gasteiger partial charge in [0.05, 0.1) is 13.0 Å². The van der Waals surface area contributed by atoms with Gasteiger partial charge in [-0.05, 0) is 66.7 Å². The third-order valence-corrected chi connectivity index (χ3v) is 7.56. The number of hydrogen-bond donors (Lipinski definition) is 1. The lowest BCUT2D eigenvalue weighted by atomic mass is 9.87. The molecule has 2 heterocycles. The lowest BCUT2D eigenvalue weighted by Gasteiger charge is -2.38. The number of rotatable bonds is 8. The molecule has 3 aromatic carbocycles. The molecule has 3 aromatic rings. The molecule has 184 valence electrons. The van der Waals surface area contributed by atoms with Gasteiger partial charge in [-0.2, -0.15) is 0 Å². The smallest absolute Gasteiger partial charge is 0.224 e. The number of hydrogen-bond acceptors (Lipinski definition) is 4. The Kier molecular flexibility index (Phi) is 7.65. The lowest BCUT2D eigenvalue weighted by Crippen LogP contribution is -2.48. The van der Waals surface area contributed by atoms with Crippen LogP contribution in [0.5, 0.6) is 5.75 Å². The Labute approximate surface area is 209 Å². The van der Waals surface area contributed by atoms with Crippen LogP contribution in [0.3, 0.4) is 0 Å². The number of ether oxygens (including phenoxy) is 1. The Balaban J connectivity index is 1.27. The van der Waals surface area contributed by atoms with Crippen molar-refractivity contribution in [3.8, 4) is 5.75 Å². The summed E-state index contributed by atoms with van der Waals surface area (Å²) in [6, 6.07) is 23.2. The molecule has 35 heavy (non-hydrogen) atoms. The maximum Gasteiger partial charge on any atom is 0.224 e. The van der Waals surface area contributed by atoms with Gasteiger partial charge in [0, 0.05) is 38.3 Å². The number of methoxy groups -OCH3 is 1. The minimum Gasteiger partial charge on any atom is -0.496 e. The number of nitrogens with zero attached hydrogens (tertiary/aromatic N) is 2. The molecule has 5 nitrogen and oxygen atoms in total. The quantitative estimate of drug-likeness (QED) is 0.517. The zero-order valence-corrected chi connectivity index (χ0v) is 20.8. The van der Waals surface area contributed by atoms with Crippen molar-refractivity contribution in [2.75, 3.05) is 39.8 Å². The normalized spacial score (nSPS) is 21.3. The third-order valence-electron chi connectivity index (χ3n) is 7.56. The van der Waals surface area contributed by atoms with Crippen LogP contribution in [0.25, 0.3) is 10.8 Å². The highest BCUT2D eigenvalue weighted by Gasteiger charge is 2.33. The number of carbonyl (C=O) groups excluding carboxylic acids is 1. The van der Waals surface area contributed by atoms with Crippen LogP contribution in [0.15, 0.2) is 66.7 Å². The van der Waals surface area contributed by atoms with Gasteiger partial charge in [-0.25, -0.2) is 0 Å². The van der Waals surface area contributed by atoms with Crippen LogP contribution in [0.2, 0.25) is 0 Å². The van der Waals surface area contributed by atoms with Crippen molar-refractivity contribution in [2.45, 2.75) is 32.4 Å². The van der Waals surface area contributed by atoms with Gasteiger partial charge in [-0.1, -0.05) is 54.6 Å². The zero-order valence-electron chi connectivity index (χ0n) is 20.8. The van der Waals surface area contributed by atoms with E-state index in [1.807, 2.05) is 24.3 Å². The lowest BCUT2D eigenvalue weighted by molar-refractivity contribution is -0.127. The summed E-state index contributed by atoms with van der Waals surface area (Å²) in [5.41, 5.74) is 2.33. The van der Waals surface area contributed by atoms with E-state index < -0.39 is 0 Å². The number of likely N-dealkylation sites (tertiary alicyclic amines) is 2. The fourth-order valence-electron chi connectivity index (χ4n) is 5.86. The third kappa shape index (κ3) is 6.03. The molecular weight excluding hydrogens is 434 g/mol. The van der Waals surface area contributed by atoms with E-state index in [1.54, 1.807) is 7.11 Å². The highest BCUT2D eigenvalue weighted by Crippen LogP contribution is 2.27. The van der Waals surface area contributed by atoms with Crippen molar-refractivity contribution < 1.29 is 9.53 Å². The Morgan fingerprint density at radius 1 is 0.943 bits per heavy atom. The summed E-state index contributed by atoms with van der Waals surface area (Å²) in [4.78, 5) is 18.4. The Morgan fingerprint density at radius 2 is 1.71 bits per heavy atom. The van der Waals surface area contributed by atoms with Crippen LogP contribution in [0, 0.1) is 11.8 Å². The molecule has 2 aliphatic heterocycles. The van der Waals surface area contributed by atoms with Gasteiger partial charge in [0.1, 0.15) is 5.75 Å². The molecule has 0 aliphatic carbocycles. The molecule has 2 aliphatic rings. The number of para-hydroxylation sites is 1. The van der Waals surface area contributed by atoms with Gasteiger partial charge in [0.2, 0.25) is 5.91 Å². The van der Waals surface area contributed by atoms with Gasteiger partial charge in [-0.3, -0.25) is 9.69 Å². The molecule has 0 spiro atoms. The zero-order chi connectivity index (χ0) is 24.0. The average molecular weight is 472 g/mol. The summed E-state index contributed by atoms with van der Waals surface area (Å²) in [7, 11) is 1.68. The number of benzene rings is 3. The molecule has 5 rings (SSSR count). The maximum absolute atomic E-state index is 13.3. The molecule has 0 radical (unpaired) electrons. The molecule has 1 amide bonds. The summed E-state index contributed by atoms with van der Waals surface area (Å²) in [5, 5.41) is 5.76. The van der Waals surface area contributed by atoms with E-state index in [-0.39, 0.29) is 11.8 Å². The van der Waals surface area contributed by atoms with Crippen LogP contribution in [0.1, 0.15) is 30.4 Å². The fourth-order valence-corrected chi connectivity index (χ4v) is 5.86. The maximum atomic E-state index is 13.3. The van der Waals surface area contributed by atoms with Crippen LogP contribution in [-0.2, 0) is 17.9 Å².